The third kappa shape index (κ3) is 9.42. The first kappa shape index (κ1) is 56.4. The minimum atomic E-state index is -6.68. The van der Waals surface area contributed by atoms with Crippen LogP contribution in [0.15, 0.2) is 114 Å². The molecule has 6 aromatic carbocycles. The molecule has 0 fully saturated rings. The van der Waals surface area contributed by atoms with Gasteiger partial charge in [-0.3, -0.25) is 0 Å². The number of hydrogen-bond acceptors (Lipinski definition) is 0. The van der Waals surface area contributed by atoms with Gasteiger partial charge in [-0.25, -0.2) is 0 Å². The van der Waals surface area contributed by atoms with Crippen molar-refractivity contribution in [2.75, 3.05) is 0 Å². The summed E-state index contributed by atoms with van der Waals surface area (Å²) in [6.07, 6.45) is -17.0. The second-order valence-electron chi connectivity index (χ2n) is 23.4. The first-order chi connectivity index (χ1) is 34.8. The van der Waals surface area contributed by atoms with Gasteiger partial charge in [0.05, 0.1) is 0 Å². The molecule has 76 heavy (non-hydrogen) atoms. The van der Waals surface area contributed by atoms with Crippen LogP contribution in [0.3, 0.4) is 0 Å². The van der Waals surface area contributed by atoms with Crippen LogP contribution >= 0.6 is 17.0 Å². The summed E-state index contributed by atoms with van der Waals surface area (Å²) in [5.74, 6) is -0.770. The topological polar surface area (TPSA) is 0 Å². The molecule has 0 nitrogen and oxygen atoms in total. The fourth-order valence-electron chi connectivity index (χ4n) is 12.3. The first-order valence-electron chi connectivity index (χ1n) is 25.0. The van der Waals surface area contributed by atoms with Gasteiger partial charge in [-0.1, -0.05) is 0 Å². The summed E-state index contributed by atoms with van der Waals surface area (Å²) >= 11 is -6.68. The fraction of sp³-hybridized carbons (Fsp3) is 0.333. The van der Waals surface area contributed by atoms with Crippen LogP contribution in [-0.4, -0.2) is 9.52 Å². The zero-order valence-corrected chi connectivity index (χ0v) is 48.7. The standard InChI is InChI=1S/2C24H23F6.C12H9Si.2ClH.Zr/c2*1-13(2)15-8-14-6-7-20(22(3,4)5)21(19(14)11-15)16-9-17(23(25,26)27)12-18(10-16)24(28,29)30;1-3-7-11-9(5-1)10-6-2-4-8-12(10)13-11;;;/h2*6-13H,1-5H3;1-7H,13H2;2*1H;/q;;;;;+2/p-2. The molecule has 1 heterocycles. The van der Waals surface area contributed by atoms with E-state index in [2.05, 4.69) is 6.07 Å². The van der Waals surface area contributed by atoms with E-state index >= 15 is 0 Å². The molecular formula is C60H55Cl2F12SiZr. The predicted molar refractivity (Wildman–Crippen MR) is 283 cm³/mol. The van der Waals surface area contributed by atoms with Gasteiger partial charge in [0.25, 0.3) is 0 Å². The molecule has 0 amide bonds. The van der Waals surface area contributed by atoms with Gasteiger partial charge in [0.1, 0.15) is 0 Å². The summed E-state index contributed by atoms with van der Waals surface area (Å²) < 4.78 is 176. The molecule has 16 heteroatoms. The van der Waals surface area contributed by atoms with Crippen molar-refractivity contribution < 1.29 is 69.1 Å². The summed E-state index contributed by atoms with van der Waals surface area (Å²) in [5, 5.41) is 2.09. The molecule has 2 atom stereocenters. The number of rotatable bonds is 7. The van der Waals surface area contributed by atoms with Gasteiger partial charge >= 0.3 is 449 Å². The van der Waals surface area contributed by atoms with Crippen LogP contribution in [0, 0.1) is 11.8 Å². The van der Waals surface area contributed by atoms with Gasteiger partial charge in [-0.2, -0.15) is 0 Å². The van der Waals surface area contributed by atoms with E-state index in [-0.39, 0.29) is 46.2 Å². The van der Waals surface area contributed by atoms with E-state index in [1.54, 1.807) is 12.1 Å². The third-order valence-electron chi connectivity index (χ3n) is 15.6. The summed E-state index contributed by atoms with van der Waals surface area (Å²) in [4.78, 5) is 0. The molecular weight excluding hydrogens is 1140 g/mol. The van der Waals surface area contributed by atoms with Crippen LogP contribution in [0.4, 0.5) is 52.7 Å². The Morgan fingerprint density at radius 3 is 1.18 bits per heavy atom. The molecule has 0 aromatic heterocycles. The Morgan fingerprint density at radius 2 is 0.829 bits per heavy atom. The summed E-state index contributed by atoms with van der Waals surface area (Å²) in [6.45, 7) is 18.6. The predicted octanol–water partition coefficient (Wildman–Crippen LogP) is 18.0. The van der Waals surface area contributed by atoms with Crippen molar-refractivity contribution in [3.63, 3.8) is 0 Å². The Hall–Kier alpha value is -4.36. The van der Waals surface area contributed by atoms with Gasteiger partial charge < -0.3 is 0 Å². The molecule has 2 aliphatic carbocycles. The fourth-order valence-corrected chi connectivity index (χ4v) is 40.5. The van der Waals surface area contributed by atoms with E-state index in [4.69, 9.17) is 0 Å². The molecule has 0 N–H and O–H groups in total. The summed E-state index contributed by atoms with van der Waals surface area (Å²) in [5.41, 5.74) is -1.96. The van der Waals surface area contributed by atoms with Crippen molar-refractivity contribution in [2.45, 2.75) is 112 Å². The van der Waals surface area contributed by atoms with Crippen molar-refractivity contribution in [1.82, 2.24) is 0 Å². The quantitative estimate of drug-likeness (QED) is 0.110. The van der Waals surface area contributed by atoms with E-state index in [0.29, 0.717) is 47.8 Å². The minimum absolute atomic E-state index is 0.105. The second-order valence-corrected chi connectivity index (χ2v) is 45.8. The molecule has 0 spiro atoms. The van der Waals surface area contributed by atoms with E-state index in [1.165, 1.54) is 0 Å². The molecule has 6 aromatic rings. The van der Waals surface area contributed by atoms with E-state index < -0.39 is 91.0 Å². The average Bonchev–Trinajstić information content (AvgIpc) is 4.02. The maximum absolute atomic E-state index is 14.8. The van der Waals surface area contributed by atoms with E-state index in [0.717, 1.165) is 45.8 Å². The molecule has 0 bridgehead atoms. The zero-order chi connectivity index (χ0) is 56.0. The van der Waals surface area contributed by atoms with Crippen LogP contribution < -0.4 is 13.6 Å². The second kappa shape index (κ2) is 18.3. The van der Waals surface area contributed by atoms with Crippen molar-refractivity contribution in [3.05, 3.63) is 170 Å². The van der Waals surface area contributed by atoms with Gasteiger partial charge in [0.2, 0.25) is 0 Å². The SMILES string of the molecule is CC(C)C1=Cc2c(ccc(C(C)(C)C)c2-c2cc(C(F)(F)F)cc(C(F)(F)F)c2)[CH]1[Zr]([Cl])([Cl])([c]1cccc2c1[SiH2]c1ccccc1-2)[CH]1C(C(C)C)=Cc2c1ccc(C(C)(C)C)c2-c1cc(C(F)(F)F)cc(C(F)(F)F)c1. The Kier molecular flexibility index (Phi) is 13.6. The van der Waals surface area contributed by atoms with Gasteiger partial charge in [-0.05, 0) is 0 Å². The van der Waals surface area contributed by atoms with Crippen LogP contribution in [0.5, 0.6) is 0 Å². The van der Waals surface area contributed by atoms with Crippen molar-refractivity contribution in [2.24, 2.45) is 11.8 Å². The van der Waals surface area contributed by atoms with E-state index in [1.807, 2.05) is 130 Å². The number of halogens is 14. The molecule has 3 aliphatic rings. The number of fused-ring (bicyclic) bond motifs is 5. The maximum atomic E-state index is 14.8. The van der Waals surface area contributed by atoms with Crippen LogP contribution in [0.2, 0.25) is 0 Å². The first-order valence-corrected chi connectivity index (χ1v) is 36.8. The Bertz CT molecular complexity index is 3190. The number of allylic oxidation sites excluding steroid dienone is 2. The van der Waals surface area contributed by atoms with E-state index in [9.17, 15) is 69.7 Å². The molecule has 2 unspecified atom stereocenters. The number of benzene rings is 6. The van der Waals surface area contributed by atoms with Crippen LogP contribution in [0.25, 0.3) is 45.5 Å². The Morgan fingerprint density at radius 1 is 0.461 bits per heavy atom. The van der Waals surface area contributed by atoms with Crippen LogP contribution in [0.1, 0.15) is 132 Å². The van der Waals surface area contributed by atoms with Crippen LogP contribution in [-0.2, 0) is 51.9 Å². The molecule has 0 radical (unpaired) electrons. The average molecular weight is 1190 g/mol. The normalized spacial score (nSPS) is 17.9. The molecule has 0 saturated carbocycles. The van der Waals surface area contributed by atoms with Crippen molar-refractivity contribution >= 4 is 52.3 Å². The summed E-state index contributed by atoms with van der Waals surface area (Å²) in [6, 6.07) is 24.1. The third-order valence-corrected chi connectivity index (χ3v) is 38.2. The Labute approximate surface area is 445 Å². The van der Waals surface area contributed by atoms with Gasteiger partial charge in [0, 0.05) is 0 Å². The van der Waals surface area contributed by atoms with Crippen molar-refractivity contribution in [3.8, 4) is 33.4 Å². The molecule has 0 saturated heterocycles. The summed E-state index contributed by atoms with van der Waals surface area (Å²) in [7, 11) is 17.0. The van der Waals surface area contributed by atoms with Crippen molar-refractivity contribution in [1.29, 1.82) is 0 Å². The zero-order valence-electron chi connectivity index (χ0n) is 43.3. The number of hydrogen-bond donors (Lipinski definition) is 0. The Balaban J connectivity index is 1.45. The molecule has 9 rings (SSSR count). The van der Waals surface area contributed by atoms with Gasteiger partial charge in [-0.15, -0.1) is 0 Å². The molecule has 1 aliphatic heterocycles. The monoisotopic (exact) mass is 1190 g/mol. The number of alkyl halides is 12. The van der Waals surface area contributed by atoms with Gasteiger partial charge in [0.15, 0.2) is 0 Å². The molecule has 401 valence electrons.